The monoisotopic (exact) mass is 322 g/mol. The minimum absolute atomic E-state index is 0.00144. The van der Waals surface area contributed by atoms with Crippen molar-refractivity contribution in [2.45, 2.75) is 25.9 Å². The van der Waals surface area contributed by atoms with Crippen LogP contribution in [0, 0.1) is 12.8 Å². The molecular formula is C12H14BrF3N2. The Kier molecular flexibility index (Phi) is 3.84. The Hall–Kier alpha value is -0.780. The standard InChI is InChI=1S/C12H14BrF3N2/c1-8-4-5-17-11(10(8)13)18-6-2-3-9(7-18)12(14,15)16/h4-5,9H,2-3,6-7H2,1H3. The highest BCUT2D eigenvalue weighted by Crippen LogP contribution is 2.36. The van der Waals surface area contributed by atoms with E-state index in [1.54, 1.807) is 11.1 Å². The molecule has 0 radical (unpaired) electrons. The molecule has 2 rings (SSSR count). The molecule has 0 N–H and O–H groups in total. The number of aryl methyl sites for hydroxylation is 1. The van der Waals surface area contributed by atoms with E-state index in [1.807, 2.05) is 13.0 Å². The first-order valence-electron chi connectivity index (χ1n) is 5.82. The maximum absolute atomic E-state index is 12.8. The lowest BCUT2D eigenvalue weighted by Crippen LogP contribution is -2.42. The Balaban J connectivity index is 2.21. The molecule has 1 aliphatic heterocycles. The molecule has 18 heavy (non-hydrogen) atoms. The number of nitrogens with zero attached hydrogens (tertiary/aromatic N) is 2. The topological polar surface area (TPSA) is 16.1 Å². The van der Waals surface area contributed by atoms with E-state index < -0.39 is 12.1 Å². The van der Waals surface area contributed by atoms with Crippen molar-refractivity contribution in [1.29, 1.82) is 0 Å². The molecule has 1 aromatic heterocycles. The van der Waals surface area contributed by atoms with Gasteiger partial charge in [-0.3, -0.25) is 0 Å². The Morgan fingerprint density at radius 3 is 2.83 bits per heavy atom. The second kappa shape index (κ2) is 5.07. The SMILES string of the molecule is Cc1ccnc(N2CCCC(C(F)(F)F)C2)c1Br. The molecule has 1 fully saturated rings. The second-order valence-corrected chi connectivity index (χ2v) is 5.39. The number of piperidine rings is 1. The minimum Gasteiger partial charge on any atom is -0.355 e. The van der Waals surface area contributed by atoms with Gasteiger partial charge in [0.15, 0.2) is 0 Å². The summed E-state index contributed by atoms with van der Waals surface area (Å²) in [6, 6.07) is 1.83. The average Bonchev–Trinajstić information content (AvgIpc) is 2.32. The number of anilines is 1. The van der Waals surface area contributed by atoms with E-state index in [1.165, 1.54) is 0 Å². The summed E-state index contributed by atoms with van der Waals surface area (Å²) in [7, 11) is 0. The number of rotatable bonds is 1. The maximum Gasteiger partial charge on any atom is 0.393 e. The van der Waals surface area contributed by atoms with E-state index in [0.29, 0.717) is 18.8 Å². The molecule has 2 nitrogen and oxygen atoms in total. The highest BCUT2D eigenvalue weighted by molar-refractivity contribution is 9.10. The van der Waals surface area contributed by atoms with E-state index in [0.717, 1.165) is 10.0 Å². The first-order chi connectivity index (χ1) is 8.39. The summed E-state index contributed by atoms with van der Waals surface area (Å²) in [5, 5.41) is 0. The summed E-state index contributed by atoms with van der Waals surface area (Å²) >= 11 is 3.40. The van der Waals surface area contributed by atoms with Crippen molar-refractivity contribution in [1.82, 2.24) is 4.98 Å². The Labute approximate surface area is 112 Å². The molecule has 0 aliphatic carbocycles. The van der Waals surface area contributed by atoms with Crippen molar-refractivity contribution in [2.75, 3.05) is 18.0 Å². The number of pyridine rings is 1. The predicted octanol–water partition coefficient (Wildman–Crippen LogP) is 3.93. The Bertz CT molecular complexity index is 434. The maximum atomic E-state index is 12.8. The smallest absolute Gasteiger partial charge is 0.355 e. The van der Waals surface area contributed by atoms with Gasteiger partial charge in [-0.2, -0.15) is 13.2 Å². The summed E-state index contributed by atoms with van der Waals surface area (Å²) in [4.78, 5) is 5.91. The fourth-order valence-corrected chi connectivity index (χ4v) is 2.67. The van der Waals surface area contributed by atoms with Gasteiger partial charge in [-0.25, -0.2) is 4.98 Å². The van der Waals surface area contributed by atoms with Crippen LogP contribution in [0.4, 0.5) is 19.0 Å². The largest absolute Gasteiger partial charge is 0.393 e. The van der Waals surface area contributed by atoms with Crippen LogP contribution in [0.5, 0.6) is 0 Å². The van der Waals surface area contributed by atoms with Crippen molar-refractivity contribution in [3.63, 3.8) is 0 Å². The second-order valence-electron chi connectivity index (χ2n) is 4.59. The highest BCUT2D eigenvalue weighted by Gasteiger charge is 2.42. The molecule has 1 aliphatic rings. The Morgan fingerprint density at radius 2 is 2.17 bits per heavy atom. The van der Waals surface area contributed by atoms with Crippen molar-refractivity contribution in [3.8, 4) is 0 Å². The van der Waals surface area contributed by atoms with Crippen LogP contribution in [0.25, 0.3) is 0 Å². The summed E-state index contributed by atoms with van der Waals surface area (Å²) < 4.78 is 39.0. The van der Waals surface area contributed by atoms with Crippen molar-refractivity contribution in [2.24, 2.45) is 5.92 Å². The van der Waals surface area contributed by atoms with Gasteiger partial charge in [0, 0.05) is 19.3 Å². The summed E-state index contributed by atoms with van der Waals surface area (Å²) in [5.74, 6) is -0.635. The van der Waals surface area contributed by atoms with Crippen LogP contribution in [0.1, 0.15) is 18.4 Å². The van der Waals surface area contributed by atoms with Gasteiger partial charge >= 0.3 is 6.18 Å². The van der Waals surface area contributed by atoms with Crippen molar-refractivity contribution >= 4 is 21.7 Å². The highest BCUT2D eigenvalue weighted by atomic mass is 79.9. The van der Waals surface area contributed by atoms with E-state index in [2.05, 4.69) is 20.9 Å². The lowest BCUT2D eigenvalue weighted by Gasteiger charge is -2.35. The van der Waals surface area contributed by atoms with Crippen LogP contribution >= 0.6 is 15.9 Å². The molecule has 1 aromatic rings. The summed E-state index contributed by atoms with van der Waals surface area (Å²) in [6.45, 7) is 2.53. The molecule has 6 heteroatoms. The fourth-order valence-electron chi connectivity index (χ4n) is 2.18. The lowest BCUT2D eigenvalue weighted by molar-refractivity contribution is -0.176. The normalized spacial score (nSPS) is 21.2. The van der Waals surface area contributed by atoms with Gasteiger partial charge in [0.25, 0.3) is 0 Å². The molecule has 1 atom stereocenters. The van der Waals surface area contributed by atoms with Gasteiger partial charge in [0.1, 0.15) is 5.82 Å². The number of aromatic nitrogens is 1. The van der Waals surface area contributed by atoms with Gasteiger partial charge in [-0.15, -0.1) is 0 Å². The summed E-state index contributed by atoms with van der Waals surface area (Å²) in [5.41, 5.74) is 0.981. The molecule has 1 unspecified atom stereocenters. The van der Waals surface area contributed by atoms with Gasteiger partial charge in [-0.1, -0.05) is 0 Å². The van der Waals surface area contributed by atoms with Crippen LogP contribution in [0.3, 0.4) is 0 Å². The van der Waals surface area contributed by atoms with Crippen LogP contribution in [0.2, 0.25) is 0 Å². The van der Waals surface area contributed by atoms with Crippen molar-refractivity contribution in [3.05, 3.63) is 22.3 Å². The molecular weight excluding hydrogens is 309 g/mol. The third-order valence-electron chi connectivity index (χ3n) is 3.25. The quantitative estimate of drug-likeness (QED) is 0.778. The molecule has 0 aromatic carbocycles. The van der Waals surface area contributed by atoms with Crippen LogP contribution < -0.4 is 4.90 Å². The fraction of sp³-hybridized carbons (Fsp3) is 0.583. The minimum atomic E-state index is -4.12. The molecule has 2 heterocycles. The van der Waals surface area contributed by atoms with Crippen LogP contribution in [-0.4, -0.2) is 24.2 Å². The van der Waals surface area contributed by atoms with Gasteiger partial charge < -0.3 is 4.90 Å². The third-order valence-corrected chi connectivity index (χ3v) is 4.23. The Morgan fingerprint density at radius 1 is 1.44 bits per heavy atom. The van der Waals surface area contributed by atoms with Gasteiger partial charge in [0.05, 0.1) is 10.4 Å². The first kappa shape index (κ1) is 13.6. The lowest BCUT2D eigenvalue weighted by atomic mass is 9.97. The zero-order valence-electron chi connectivity index (χ0n) is 9.97. The van der Waals surface area contributed by atoms with E-state index in [4.69, 9.17) is 0 Å². The molecule has 0 amide bonds. The first-order valence-corrected chi connectivity index (χ1v) is 6.61. The molecule has 1 saturated heterocycles. The van der Waals surface area contributed by atoms with E-state index in [-0.39, 0.29) is 13.0 Å². The predicted molar refractivity (Wildman–Crippen MR) is 67.7 cm³/mol. The van der Waals surface area contributed by atoms with Crippen LogP contribution in [-0.2, 0) is 0 Å². The van der Waals surface area contributed by atoms with E-state index in [9.17, 15) is 13.2 Å². The number of hydrogen-bond acceptors (Lipinski definition) is 2. The van der Waals surface area contributed by atoms with Crippen molar-refractivity contribution < 1.29 is 13.2 Å². The van der Waals surface area contributed by atoms with Gasteiger partial charge in [-0.05, 0) is 47.3 Å². The molecule has 0 bridgehead atoms. The molecule has 100 valence electrons. The zero-order valence-corrected chi connectivity index (χ0v) is 11.6. The average molecular weight is 323 g/mol. The van der Waals surface area contributed by atoms with Crippen LogP contribution in [0.15, 0.2) is 16.7 Å². The summed E-state index contributed by atoms with van der Waals surface area (Å²) in [6.07, 6.45) is -1.72. The molecule has 0 spiro atoms. The van der Waals surface area contributed by atoms with Gasteiger partial charge in [0.2, 0.25) is 0 Å². The number of alkyl halides is 3. The van der Waals surface area contributed by atoms with E-state index >= 15 is 0 Å². The number of hydrogen-bond donors (Lipinski definition) is 0. The molecule has 0 saturated carbocycles. The number of halogens is 4. The zero-order chi connectivity index (χ0) is 13.3. The third kappa shape index (κ3) is 2.79.